The monoisotopic (exact) mass is 310 g/mol. The number of rotatable bonds is 5. The van der Waals surface area contributed by atoms with E-state index in [1.807, 2.05) is 30.3 Å². The molecule has 118 valence electrons. The smallest absolute Gasteiger partial charge is 0.313 e. The third-order valence-corrected chi connectivity index (χ3v) is 3.28. The molecule has 0 atom stereocenters. The van der Waals surface area contributed by atoms with Gasteiger partial charge in [-0.05, 0) is 31.0 Å². The van der Waals surface area contributed by atoms with Crippen LogP contribution in [-0.2, 0) is 16.0 Å². The molecule has 0 aliphatic heterocycles. The first-order chi connectivity index (χ1) is 11.1. The fourth-order valence-electron chi connectivity index (χ4n) is 2.05. The van der Waals surface area contributed by atoms with Crippen molar-refractivity contribution in [3.8, 4) is 0 Å². The molecular weight excluding hydrogens is 292 g/mol. The third kappa shape index (κ3) is 5.07. The van der Waals surface area contributed by atoms with Gasteiger partial charge in [0.05, 0.1) is 0 Å². The number of benzene rings is 2. The summed E-state index contributed by atoms with van der Waals surface area (Å²) in [6, 6.07) is 16.2. The Kier molecular flexibility index (Phi) is 5.63. The first-order valence-electron chi connectivity index (χ1n) is 7.30. The molecule has 2 rings (SSSR count). The fraction of sp³-hybridized carbons (Fsp3) is 0.167. The molecule has 23 heavy (non-hydrogen) atoms. The Bertz CT molecular complexity index is 711. The van der Waals surface area contributed by atoms with E-state index in [9.17, 15) is 14.4 Å². The van der Waals surface area contributed by atoms with Gasteiger partial charge >= 0.3 is 11.8 Å². The molecule has 0 heterocycles. The fourth-order valence-corrected chi connectivity index (χ4v) is 2.05. The van der Waals surface area contributed by atoms with Crippen LogP contribution in [0.15, 0.2) is 54.6 Å². The van der Waals surface area contributed by atoms with Crippen LogP contribution >= 0.6 is 0 Å². The zero-order chi connectivity index (χ0) is 16.7. The van der Waals surface area contributed by atoms with Crippen molar-refractivity contribution in [2.45, 2.75) is 13.3 Å². The van der Waals surface area contributed by atoms with Gasteiger partial charge in [-0.3, -0.25) is 14.4 Å². The van der Waals surface area contributed by atoms with Crippen molar-refractivity contribution < 1.29 is 14.4 Å². The van der Waals surface area contributed by atoms with Gasteiger partial charge in [-0.2, -0.15) is 0 Å². The zero-order valence-corrected chi connectivity index (χ0v) is 12.8. The molecule has 0 radical (unpaired) electrons. The number of carbonyl (C=O) groups is 3. The minimum atomic E-state index is -0.751. The van der Waals surface area contributed by atoms with Crippen LogP contribution in [0.25, 0.3) is 0 Å². The number of anilines is 1. The standard InChI is InChI=1S/C18H18N2O3/c1-13(21)15-8-5-9-16(12-15)20-18(23)17(22)19-11-10-14-6-3-2-4-7-14/h2-9,12H,10-11H2,1H3,(H,19,22)(H,20,23). The lowest BCUT2D eigenvalue weighted by atomic mass is 10.1. The molecule has 5 nitrogen and oxygen atoms in total. The van der Waals surface area contributed by atoms with Crippen molar-refractivity contribution in [1.29, 1.82) is 0 Å². The van der Waals surface area contributed by atoms with Gasteiger partial charge in [-0.1, -0.05) is 42.5 Å². The van der Waals surface area contributed by atoms with Crippen LogP contribution in [0.4, 0.5) is 5.69 Å². The Morgan fingerprint density at radius 1 is 0.913 bits per heavy atom. The Labute approximate surface area is 134 Å². The SMILES string of the molecule is CC(=O)c1cccc(NC(=O)C(=O)NCCc2ccccc2)c1. The Morgan fingerprint density at radius 3 is 2.35 bits per heavy atom. The summed E-state index contributed by atoms with van der Waals surface area (Å²) in [4.78, 5) is 34.9. The van der Waals surface area contributed by atoms with E-state index in [0.717, 1.165) is 5.56 Å². The number of hydrogen-bond donors (Lipinski definition) is 2. The highest BCUT2D eigenvalue weighted by Gasteiger charge is 2.13. The first kappa shape index (κ1) is 16.4. The van der Waals surface area contributed by atoms with Gasteiger partial charge in [0.2, 0.25) is 0 Å². The molecule has 5 heteroatoms. The molecule has 0 saturated carbocycles. The minimum Gasteiger partial charge on any atom is -0.347 e. The van der Waals surface area contributed by atoms with Gasteiger partial charge in [0, 0.05) is 17.8 Å². The minimum absolute atomic E-state index is 0.103. The van der Waals surface area contributed by atoms with Gasteiger partial charge in [-0.15, -0.1) is 0 Å². The molecule has 2 aromatic rings. The number of nitrogens with one attached hydrogen (secondary N) is 2. The summed E-state index contributed by atoms with van der Waals surface area (Å²) in [7, 11) is 0. The molecule has 0 aromatic heterocycles. The Hall–Kier alpha value is -2.95. The summed E-state index contributed by atoms with van der Waals surface area (Å²) in [5, 5.41) is 5.05. The summed E-state index contributed by atoms with van der Waals surface area (Å²) in [5.74, 6) is -1.55. The molecule has 2 amide bonds. The molecule has 0 aliphatic rings. The predicted octanol–water partition coefficient (Wildman–Crippen LogP) is 2.19. The van der Waals surface area contributed by atoms with E-state index in [-0.39, 0.29) is 5.78 Å². The van der Waals surface area contributed by atoms with E-state index in [4.69, 9.17) is 0 Å². The maximum atomic E-state index is 11.8. The van der Waals surface area contributed by atoms with Crippen molar-refractivity contribution in [2.24, 2.45) is 0 Å². The van der Waals surface area contributed by atoms with Crippen molar-refractivity contribution >= 4 is 23.3 Å². The topological polar surface area (TPSA) is 75.3 Å². The van der Waals surface area contributed by atoms with Gasteiger partial charge in [-0.25, -0.2) is 0 Å². The molecular formula is C18H18N2O3. The van der Waals surface area contributed by atoms with Crippen LogP contribution in [0.5, 0.6) is 0 Å². The molecule has 0 fully saturated rings. The van der Waals surface area contributed by atoms with E-state index in [1.165, 1.54) is 13.0 Å². The van der Waals surface area contributed by atoms with Crippen LogP contribution < -0.4 is 10.6 Å². The highest BCUT2D eigenvalue weighted by atomic mass is 16.2. The summed E-state index contributed by atoms with van der Waals surface area (Å²) < 4.78 is 0. The summed E-state index contributed by atoms with van der Waals surface area (Å²) >= 11 is 0. The van der Waals surface area contributed by atoms with Gasteiger partial charge in [0.15, 0.2) is 5.78 Å². The summed E-state index contributed by atoms with van der Waals surface area (Å²) in [6.45, 7) is 1.82. The molecule has 0 spiro atoms. The van der Waals surface area contributed by atoms with Crippen LogP contribution in [0.2, 0.25) is 0 Å². The number of carbonyl (C=O) groups excluding carboxylic acids is 3. The molecule has 0 unspecified atom stereocenters. The summed E-state index contributed by atoms with van der Waals surface area (Å²) in [5.41, 5.74) is 1.98. The largest absolute Gasteiger partial charge is 0.347 e. The number of amides is 2. The van der Waals surface area contributed by atoms with E-state index >= 15 is 0 Å². The molecule has 0 saturated heterocycles. The number of hydrogen-bond acceptors (Lipinski definition) is 3. The second-order valence-electron chi connectivity index (χ2n) is 5.08. The van der Waals surface area contributed by atoms with Crippen LogP contribution in [-0.4, -0.2) is 24.1 Å². The van der Waals surface area contributed by atoms with Gasteiger partial charge in [0.1, 0.15) is 0 Å². The number of ketones is 1. The van der Waals surface area contributed by atoms with Gasteiger partial charge < -0.3 is 10.6 Å². The quantitative estimate of drug-likeness (QED) is 0.656. The molecule has 2 aromatic carbocycles. The van der Waals surface area contributed by atoms with Crippen molar-refractivity contribution in [3.05, 3.63) is 65.7 Å². The molecule has 0 bridgehead atoms. The molecule has 0 aliphatic carbocycles. The average molecular weight is 310 g/mol. The lowest BCUT2D eigenvalue weighted by Crippen LogP contribution is -2.36. The van der Waals surface area contributed by atoms with Crippen LogP contribution in [0.3, 0.4) is 0 Å². The maximum Gasteiger partial charge on any atom is 0.313 e. The van der Waals surface area contributed by atoms with E-state index in [2.05, 4.69) is 10.6 Å². The highest BCUT2D eigenvalue weighted by molar-refractivity contribution is 6.39. The van der Waals surface area contributed by atoms with Crippen molar-refractivity contribution in [1.82, 2.24) is 5.32 Å². The average Bonchev–Trinajstić information content (AvgIpc) is 2.56. The van der Waals surface area contributed by atoms with Crippen LogP contribution in [0, 0.1) is 0 Å². The van der Waals surface area contributed by atoms with Crippen molar-refractivity contribution in [3.63, 3.8) is 0 Å². The Balaban J connectivity index is 1.84. The second-order valence-corrected chi connectivity index (χ2v) is 5.08. The van der Waals surface area contributed by atoms with Crippen molar-refractivity contribution in [2.75, 3.05) is 11.9 Å². The molecule has 2 N–H and O–H groups in total. The highest BCUT2D eigenvalue weighted by Crippen LogP contribution is 2.11. The lowest BCUT2D eigenvalue weighted by Gasteiger charge is -2.07. The third-order valence-electron chi connectivity index (χ3n) is 3.28. The zero-order valence-electron chi connectivity index (χ0n) is 12.8. The second kappa shape index (κ2) is 7.89. The van der Waals surface area contributed by atoms with Crippen LogP contribution in [0.1, 0.15) is 22.8 Å². The summed E-state index contributed by atoms with van der Waals surface area (Å²) in [6.07, 6.45) is 0.652. The lowest BCUT2D eigenvalue weighted by molar-refractivity contribution is -0.136. The normalized spacial score (nSPS) is 9.96. The Morgan fingerprint density at radius 2 is 1.65 bits per heavy atom. The van der Waals surface area contributed by atoms with E-state index in [0.29, 0.717) is 24.2 Å². The first-order valence-corrected chi connectivity index (χ1v) is 7.30. The predicted molar refractivity (Wildman–Crippen MR) is 88.2 cm³/mol. The van der Waals surface area contributed by atoms with E-state index < -0.39 is 11.8 Å². The number of Topliss-reactive ketones (excluding diaryl/α,β-unsaturated/α-hetero) is 1. The van der Waals surface area contributed by atoms with E-state index in [1.54, 1.807) is 18.2 Å². The van der Waals surface area contributed by atoms with Gasteiger partial charge in [0.25, 0.3) is 0 Å². The maximum absolute atomic E-state index is 11.8.